The number of carbonyl (C=O) groups is 1. The van der Waals surface area contributed by atoms with Crippen LogP contribution in [0.5, 0.6) is 5.75 Å². The van der Waals surface area contributed by atoms with Gasteiger partial charge in [0.05, 0.1) is 6.61 Å². The van der Waals surface area contributed by atoms with Crippen molar-refractivity contribution in [3.05, 3.63) is 99.0 Å². The molecule has 1 aliphatic heterocycles. The van der Waals surface area contributed by atoms with Crippen molar-refractivity contribution >= 4 is 21.8 Å². The van der Waals surface area contributed by atoms with Gasteiger partial charge in [-0.3, -0.25) is 4.79 Å². The Balaban J connectivity index is 1.41. The van der Waals surface area contributed by atoms with E-state index in [1.54, 1.807) is 0 Å². The minimum atomic E-state index is 0.143. The summed E-state index contributed by atoms with van der Waals surface area (Å²) in [6, 6.07) is 23.3. The summed E-state index contributed by atoms with van der Waals surface area (Å²) < 4.78 is 6.81. The lowest BCUT2D eigenvalue weighted by Crippen LogP contribution is -2.40. The number of hydrogen-bond donors (Lipinski definition) is 0. The molecule has 3 nitrogen and oxygen atoms in total. The highest BCUT2D eigenvalue weighted by Crippen LogP contribution is 2.43. The van der Waals surface area contributed by atoms with Gasteiger partial charge in [0, 0.05) is 29.0 Å². The van der Waals surface area contributed by atoms with Gasteiger partial charge in [-0.2, -0.15) is 0 Å². The summed E-state index contributed by atoms with van der Waals surface area (Å²) in [5.74, 6) is 2.01. The van der Waals surface area contributed by atoms with Gasteiger partial charge < -0.3 is 9.64 Å². The number of ether oxygens (including phenoxy) is 1. The topological polar surface area (TPSA) is 29.5 Å². The van der Waals surface area contributed by atoms with Crippen LogP contribution in [0.2, 0.25) is 0 Å². The number of hydrogen-bond acceptors (Lipinski definition) is 2. The van der Waals surface area contributed by atoms with Gasteiger partial charge in [-0.05, 0) is 97.2 Å². The Labute approximate surface area is 204 Å². The smallest absolute Gasteiger partial charge is 0.253 e. The van der Waals surface area contributed by atoms with Crippen LogP contribution in [0, 0.1) is 5.92 Å². The quantitative estimate of drug-likeness (QED) is 0.399. The Morgan fingerprint density at radius 1 is 0.939 bits per heavy atom. The van der Waals surface area contributed by atoms with E-state index in [1.165, 1.54) is 22.3 Å². The zero-order valence-electron chi connectivity index (χ0n) is 19.1. The average Bonchev–Trinajstić information content (AvgIpc) is 3.01. The number of benzene rings is 3. The molecular weight excluding hydrogens is 474 g/mol. The molecule has 170 valence electrons. The fraction of sp³-hybridized carbons (Fsp3) is 0.345. The molecule has 3 aromatic rings. The van der Waals surface area contributed by atoms with Gasteiger partial charge in [0.1, 0.15) is 5.75 Å². The highest BCUT2D eigenvalue weighted by Gasteiger charge is 2.34. The number of piperidine rings is 1. The molecule has 0 spiro atoms. The van der Waals surface area contributed by atoms with Crippen LogP contribution >= 0.6 is 15.9 Å². The van der Waals surface area contributed by atoms with Crippen LogP contribution in [0.3, 0.4) is 0 Å². The molecule has 0 radical (unpaired) electrons. The number of likely N-dealkylation sites (tertiary alicyclic amines) is 1. The molecule has 0 saturated carbocycles. The minimum Gasteiger partial charge on any atom is -0.494 e. The van der Waals surface area contributed by atoms with E-state index in [4.69, 9.17) is 4.74 Å². The summed E-state index contributed by atoms with van der Waals surface area (Å²) in [6.45, 7) is 4.34. The molecule has 1 saturated heterocycles. The number of aryl methyl sites for hydroxylation is 2. The Morgan fingerprint density at radius 2 is 1.64 bits per heavy atom. The normalized spacial score (nSPS) is 18.2. The van der Waals surface area contributed by atoms with Gasteiger partial charge in [0.25, 0.3) is 5.91 Å². The second-order valence-corrected chi connectivity index (χ2v) is 10.0. The fourth-order valence-corrected chi connectivity index (χ4v) is 5.84. The molecule has 0 N–H and O–H groups in total. The third-order valence-corrected chi connectivity index (χ3v) is 7.73. The van der Waals surface area contributed by atoms with E-state index in [2.05, 4.69) is 58.4 Å². The van der Waals surface area contributed by atoms with Crippen LogP contribution in [-0.4, -0.2) is 30.5 Å². The molecule has 1 amide bonds. The van der Waals surface area contributed by atoms with E-state index in [0.29, 0.717) is 18.4 Å². The number of carbonyl (C=O) groups excluding carboxylic acids is 1. The molecular formula is C29H30BrNO2. The molecule has 1 aliphatic carbocycles. The zero-order chi connectivity index (χ0) is 22.8. The van der Waals surface area contributed by atoms with Crippen molar-refractivity contribution in [3.63, 3.8) is 0 Å². The van der Waals surface area contributed by atoms with Crippen LogP contribution in [0.15, 0.2) is 71.2 Å². The molecule has 0 bridgehead atoms. The third kappa shape index (κ3) is 4.59. The number of fused-ring (bicyclic) bond motifs is 2. The molecule has 4 heteroatoms. The maximum atomic E-state index is 13.0. The second-order valence-electron chi connectivity index (χ2n) is 9.11. The first-order chi connectivity index (χ1) is 16.1. The summed E-state index contributed by atoms with van der Waals surface area (Å²) in [5.41, 5.74) is 6.56. The molecule has 2 aliphatic rings. The van der Waals surface area contributed by atoms with Gasteiger partial charge in [-0.1, -0.05) is 46.3 Å². The number of rotatable bonds is 4. The molecule has 1 atom stereocenters. The van der Waals surface area contributed by atoms with Crippen LogP contribution in [-0.2, 0) is 12.8 Å². The van der Waals surface area contributed by atoms with Crippen molar-refractivity contribution in [2.24, 2.45) is 5.92 Å². The monoisotopic (exact) mass is 503 g/mol. The van der Waals surface area contributed by atoms with Crippen molar-refractivity contribution in [2.45, 2.75) is 38.5 Å². The van der Waals surface area contributed by atoms with E-state index in [0.717, 1.165) is 54.6 Å². The van der Waals surface area contributed by atoms with E-state index < -0.39 is 0 Å². The molecule has 0 aromatic heterocycles. The molecule has 5 rings (SSSR count). The standard InChI is InChI=1S/C29H30BrNO2/c1-2-33-25-13-14-27-23(19-25)8-7-20-5-3-4-6-26(20)28(27)21-15-17-31(18-16-21)29(32)22-9-11-24(30)12-10-22/h3-6,9-14,19,21,28H,2,7-8,15-18H2,1H3. The number of nitrogens with zero attached hydrogens (tertiary/aromatic N) is 1. The first kappa shape index (κ1) is 22.2. The van der Waals surface area contributed by atoms with E-state index in [1.807, 2.05) is 36.1 Å². The highest BCUT2D eigenvalue weighted by molar-refractivity contribution is 9.10. The predicted octanol–water partition coefficient (Wildman–Crippen LogP) is 6.63. The fourth-order valence-electron chi connectivity index (χ4n) is 5.58. The minimum absolute atomic E-state index is 0.143. The van der Waals surface area contributed by atoms with Crippen molar-refractivity contribution in [3.8, 4) is 5.75 Å². The molecule has 1 fully saturated rings. The molecule has 3 aromatic carbocycles. The molecule has 1 unspecified atom stereocenters. The summed E-state index contributed by atoms with van der Waals surface area (Å²) in [6.07, 6.45) is 4.16. The van der Waals surface area contributed by atoms with E-state index in [9.17, 15) is 4.79 Å². The summed E-state index contributed by atoms with van der Waals surface area (Å²) in [7, 11) is 0. The van der Waals surface area contributed by atoms with Crippen LogP contribution in [0.25, 0.3) is 0 Å². The summed E-state index contributed by atoms with van der Waals surface area (Å²) in [5, 5.41) is 0. The Morgan fingerprint density at radius 3 is 2.39 bits per heavy atom. The molecule has 1 heterocycles. The third-order valence-electron chi connectivity index (χ3n) is 7.20. The number of halogens is 1. The van der Waals surface area contributed by atoms with Gasteiger partial charge >= 0.3 is 0 Å². The maximum Gasteiger partial charge on any atom is 0.253 e. The van der Waals surface area contributed by atoms with Crippen molar-refractivity contribution in [1.82, 2.24) is 4.90 Å². The average molecular weight is 504 g/mol. The number of amides is 1. The van der Waals surface area contributed by atoms with Gasteiger partial charge in [-0.15, -0.1) is 0 Å². The predicted molar refractivity (Wildman–Crippen MR) is 136 cm³/mol. The van der Waals surface area contributed by atoms with E-state index in [-0.39, 0.29) is 5.91 Å². The summed E-state index contributed by atoms with van der Waals surface area (Å²) in [4.78, 5) is 15.1. The van der Waals surface area contributed by atoms with Crippen molar-refractivity contribution < 1.29 is 9.53 Å². The summed E-state index contributed by atoms with van der Waals surface area (Å²) >= 11 is 3.46. The zero-order valence-corrected chi connectivity index (χ0v) is 20.7. The van der Waals surface area contributed by atoms with Crippen LogP contribution in [0.1, 0.15) is 58.3 Å². The maximum absolute atomic E-state index is 13.0. The van der Waals surface area contributed by atoms with Gasteiger partial charge in [0.15, 0.2) is 0 Å². The van der Waals surface area contributed by atoms with Crippen molar-refractivity contribution in [2.75, 3.05) is 19.7 Å². The Kier molecular flexibility index (Phi) is 6.55. The SMILES string of the molecule is CCOc1ccc2c(c1)CCc1ccccc1C2C1CCN(C(=O)c2ccc(Br)cc2)CC1. The van der Waals surface area contributed by atoms with Crippen LogP contribution in [0.4, 0.5) is 0 Å². The first-order valence-electron chi connectivity index (χ1n) is 12.0. The van der Waals surface area contributed by atoms with Gasteiger partial charge in [-0.25, -0.2) is 0 Å². The molecule has 33 heavy (non-hydrogen) atoms. The lowest BCUT2D eigenvalue weighted by atomic mass is 9.74. The second kappa shape index (κ2) is 9.72. The Hall–Kier alpha value is -2.59. The van der Waals surface area contributed by atoms with Gasteiger partial charge in [0.2, 0.25) is 0 Å². The Bertz CT molecular complexity index is 1130. The first-order valence-corrected chi connectivity index (χ1v) is 12.8. The van der Waals surface area contributed by atoms with Crippen molar-refractivity contribution in [1.29, 1.82) is 0 Å². The van der Waals surface area contributed by atoms with Crippen LogP contribution < -0.4 is 4.74 Å². The van der Waals surface area contributed by atoms with E-state index >= 15 is 0 Å². The largest absolute Gasteiger partial charge is 0.494 e. The lowest BCUT2D eigenvalue weighted by molar-refractivity contribution is 0.0683. The lowest BCUT2D eigenvalue weighted by Gasteiger charge is -2.37. The highest BCUT2D eigenvalue weighted by atomic mass is 79.9.